The van der Waals surface area contributed by atoms with Gasteiger partial charge in [0.2, 0.25) is 5.91 Å². The van der Waals surface area contributed by atoms with Gasteiger partial charge in [-0.3, -0.25) is 9.36 Å². The van der Waals surface area contributed by atoms with Crippen molar-refractivity contribution < 1.29 is 4.79 Å². The van der Waals surface area contributed by atoms with E-state index in [-0.39, 0.29) is 17.1 Å². The molecule has 3 aromatic carbocycles. The summed E-state index contributed by atoms with van der Waals surface area (Å²) >= 11 is 1.38. The van der Waals surface area contributed by atoms with Crippen molar-refractivity contribution in [3.05, 3.63) is 90.5 Å². The molecule has 32 heavy (non-hydrogen) atoms. The van der Waals surface area contributed by atoms with Gasteiger partial charge in [0.1, 0.15) is 0 Å². The Hall–Kier alpha value is -3.38. The second-order valence-corrected chi connectivity index (χ2v) is 9.42. The molecule has 5 nitrogen and oxygen atoms in total. The first-order valence-corrected chi connectivity index (χ1v) is 11.5. The van der Waals surface area contributed by atoms with Crippen molar-refractivity contribution in [1.29, 1.82) is 0 Å². The Morgan fingerprint density at radius 1 is 0.875 bits per heavy atom. The summed E-state index contributed by atoms with van der Waals surface area (Å²) in [6.07, 6.45) is 0. The Morgan fingerprint density at radius 2 is 1.50 bits per heavy atom. The molecule has 0 bridgehead atoms. The number of rotatable bonds is 6. The van der Waals surface area contributed by atoms with Crippen molar-refractivity contribution >= 4 is 23.4 Å². The van der Waals surface area contributed by atoms with E-state index >= 15 is 0 Å². The Balaban J connectivity index is 1.57. The average Bonchev–Trinajstić information content (AvgIpc) is 3.22. The van der Waals surface area contributed by atoms with Crippen LogP contribution in [0.5, 0.6) is 0 Å². The van der Waals surface area contributed by atoms with Crippen molar-refractivity contribution in [3.8, 4) is 17.1 Å². The normalized spacial score (nSPS) is 11.3. The summed E-state index contributed by atoms with van der Waals surface area (Å²) in [6, 6.07) is 27.9. The minimum absolute atomic E-state index is 0.0604. The van der Waals surface area contributed by atoms with Gasteiger partial charge >= 0.3 is 0 Å². The van der Waals surface area contributed by atoms with E-state index in [0.29, 0.717) is 5.16 Å². The molecular formula is C26H26N4OS. The summed E-state index contributed by atoms with van der Waals surface area (Å²) in [5.41, 5.74) is 3.82. The minimum atomic E-state index is -0.0735. The molecule has 1 aromatic heterocycles. The molecule has 0 unspecified atom stereocenters. The van der Waals surface area contributed by atoms with Gasteiger partial charge in [0.05, 0.1) is 5.75 Å². The largest absolute Gasteiger partial charge is 0.325 e. The number of nitrogens with one attached hydrogen (secondary N) is 1. The number of anilines is 1. The number of thioether (sulfide) groups is 1. The quantitative estimate of drug-likeness (QED) is 0.374. The molecular weight excluding hydrogens is 416 g/mol. The van der Waals surface area contributed by atoms with Crippen molar-refractivity contribution in [1.82, 2.24) is 14.8 Å². The lowest BCUT2D eigenvalue weighted by Gasteiger charge is -2.23. The molecule has 6 heteroatoms. The fourth-order valence-electron chi connectivity index (χ4n) is 3.51. The van der Waals surface area contributed by atoms with Gasteiger partial charge in [0, 0.05) is 16.9 Å². The first-order chi connectivity index (χ1) is 15.4. The van der Waals surface area contributed by atoms with Crippen LogP contribution in [0.25, 0.3) is 17.1 Å². The van der Waals surface area contributed by atoms with E-state index in [4.69, 9.17) is 0 Å². The molecule has 0 atom stereocenters. The SMILES string of the molecule is CC(C)(C)c1ccccc1NC(=O)CSc1nnc(-c2ccccc2)n1-c1ccccc1. The number of hydrogen-bond donors (Lipinski definition) is 1. The number of carbonyl (C=O) groups is 1. The van der Waals surface area contributed by atoms with Crippen LogP contribution in [-0.2, 0) is 10.2 Å². The van der Waals surface area contributed by atoms with Crippen molar-refractivity contribution in [2.24, 2.45) is 0 Å². The third kappa shape index (κ3) is 4.92. The Morgan fingerprint density at radius 3 is 2.19 bits per heavy atom. The molecule has 4 aromatic rings. The van der Waals surface area contributed by atoms with E-state index in [1.54, 1.807) is 0 Å². The molecule has 1 N–H and O–H groups in total. The van der Waals surface area contributed by atoms with Crippen LogP contribution < -0.4 is 5.32 Å². The molecule has 1 heterocycles. The van der Waals surface area contributed by atoms with Gasteiger partial charge in [-0.1, -0.05) is 99.3 Å². The molecule has 0 spiro atoms. The van der Waals surface area contributed by atoms with E-state index < -0.39 is 0 Å². The third-order valence-electron chi connectivity index (χ3n) is 5.02. The highest BCUT2D eigenvalue weighted by atomic mass is 32.2. The van der Waals surface area contributed by atoms with Crippen LogP contribution in [0, 0.1) is 0 Å². The number of para-hydroxylation sites is 2. The topological polar surface area (TPSA) is 59.8 Å². The number of aromatic nitrogens is 3. The van der Waals surface area contributed by atoms with Crippen LogP contribution in [0.3, 0.4) is 0 Å². The predicted octanol–water partition coefficient (Wildman–Crippen LogP) is 5.96. The first-order valence-electron chi connectivity index (χ1n) is 10.5. The summed E-state index contributed by atoms with van der Waals surface area (Å²) in [4.78, 5) is 12.8. The van der Waals surface area contributed by atoms with Crippen LogP contribution in [0.4, 0.5) is 5.69 Å². The van der Waals surface area contributed by atoms with Crippen LogP contribution >= 0.6 is 11.8 Å². The first kappa shape index (κ1) is 21.8. The smallest absolute Gasteiger partial charge is 0.234 e. The van der Waals surface area contributed by atoms with Crippen molar-refractivity contribution in [3.63, 3.8) is 0 Å². The number of carbonyl (C=O) groups excluding carboxylic acids is 1. The minimum Gasteiger partial charge on any atom is -0.325 e. The second kappa shape index (κ2) is 9.40. The van der Waals surface area contributed by atoms with Gasteiger partial charge < -0.3 is 5.32 Å². The molecule has 0 aliphatic heterocycles. The molecule has 0 fully saturated rings. The highest BCUT2D eigenvalue weighted by Crippen LogP contribution is 2.30. The number of nitrogens with zero attached hydrogens (tertiary/aromatic N) is 3. The van der Waals surface area contributed by atoms with Gasteiger partial charge in [-0.2, -0.15) is 0 Å². The maximum atomic E-state index is 12.8. The summed E-state index contributed by atoms with van der Waals surface area (Å²) in [7, 11) is 0. The molecule has 0 saturated heterocycles. The van der Waals surface area contributed by atoms with Crippen LogP contribution in [0.1, 0.15) is 26.3 Å². The maximum Gasteiger partial charge on any atom is 0.234 e. The van der Waals surface area contributed by atoms with E-state index in [1.165, 1.54) is 11.8 Å². The fraction of sp³-hybridized carbons (Fsp3) is 0.192. The Bertz CT molecular complexity index is 1200. The molecule has 162 valence electrons. The van der Waals surface area contributed by atoms with Gasteiger partial charge in [0.15, 0.2) is 11.0 Å². The highest BCUT2D eigenvalue weighted by molar-refractivity contribution is 7.99. The van der Waals surface area contributed by atoms with Gasteiger partial charge in [-0.15, -0.1) is 10.2 Å². The standard InChI is InChI=1S/C26H26N4OS/c1-26(2,3)21-16-10-11-17-22(21)27-23(31)18-32-25-29-28-24(19-12-6-4-7-13-19)30(25)20-14-8-5-9-15-20/h4-17H,18H2,1-3H3,(H,27,31). The molecule has 1 amide bonds. The molecule has 0 radical (unpaired) electrons. The summed E-state index contributed by atoms with van der Waals surface area (Å²) in [5, 5.41) is 12.6. The summed E-state index contributed by atoms with van der Waals surface area (Å²) in [6.45, 7) is 6.42. The Labute approximate surface area is 192 Å². The molecule has 0 saturated carbocycles. The average molecular weight is 443 g/mol. The van der Waals surface area contributed by atoms with Gasteiger partial charge in [-0.05, 0) is 29.2 Å². The maximum absolute atomic E-state index is 12.8. The van der Waals surface area contributed by atoms with E-state index in [1.807, 2.05) is 83.4 Å². The number of benzene rings is 3. The van der Waals surface area contributed by atoms with Crippen molar-refractivity contribution in [2.45, 2.75) is 31.3 Å². The van der Waals surface area contributed by atoms with Gasteiger partial charge in [-0.25, -0.2) is 0 Å². The highest BCUT2D eigenvalue weighted by Gasteiger charge is 2.20. The molecule has 0 aliphatic rings. The number of amides is 1. The van der Waals surface area contributed by atoms with E-state index in [9.17, 15) is 4.79 Å². The Kier molecular flexibility index (Phi) is 6.42. The summed E-state index contributed by atoms with van der Waals surface area (Å²) < 4.78 is 2.00. The lowest BCUT2D eigenvalue weighted by atomic mass is 9.86. The van der Waals surface area contributed by atoms with E-state index in [0.717, 1.165) is 28.3 Å². The molecule has 0 aliphatic carbocycles. The zero-order valence-electron chi connectivity index (χ0n) is 18.4. The van der Waals surface area contributed by atoms with Crippen LogP contribution in [0.15, 0.2) is 90.1 Å². The monoisotopic (exact) mass is 442 g/mol. The zero-order chi connectivity index (χ0) is 22.6. The summed E-state index contributed by atoms with van der Waals surface area (Å²) in [5.74, 6) is 0.909. The van der Waals surface area contributed by atoms with Gasteiger partial charge in [0.25, 0.3) is 0 Å². The third-order valence-corrected chi connectivity index (χ3v) is 5.95. The molecule has 4 rings (SSSR count). The number of hydrogen-bond acceptors (Lipinski definition) is 4. The fourth-order valence-corrected chi connectivity index (χ4v) is 4.26. The second-order valence-electron chi connectivity index (χ2n) is 8.48. The van der Waals surface area contributed by atoms with E-state index in [2.05, 4.69) is 42.4 Å². The predicted molar refractivity (Wildman–Crippen MR) is 131 cm³/mol. The van der Waals surface area contributed by atoms with Crippen LogP contribution in [-0.4, -0.2) is 26.4 Å². The van der Waals surface area contributed by atoms with Crippen molar-refractivity contribution in [2.75, 3.05) is 11.1 Å². The lowest BCUT2D eigenvalue weighted by molar-refractivity contribution is -0.113. The zero-order valence-corrected chi connectivity index (χ0v) is 19.3. The lowest BCUT2D eigenvalue weighted by Crippen LogP contribution is -2.20. The van der Waals surface area contributed by atoms with Crippen LogP contribution in [0.2, 0.25) is 0 Å².